The number of anilines is 1. The number of carbonyl (C=O) groups excluding carboxylic acids is 1. The molecule has 172 valence electrons. The van der Waals surface area contributed by atoms with Crippen molar-refractivity contribution in [3.8, 4) is 0 Å². The molecule has 0 aromatic heterocycles. The van der Waals surface area contributed by atoms with E-state index < -0.39 is 39.0 Å². The molecule has 4 atom stereocenters. The number of amides is 1. The lowest BCUT2D eigenvalue weighted by Crippen LogP contribution is -2.45. The third kappa shape index (κ3) is 4.05. The average molecular weight is 482 g/mol. The first kappa shape index (κ1) is 23.2. The number of fused-ring (bicyclic) bond motifs is 2. The molecule has 0 radical (unpaired) electrons. The van der Waals surface area contributed by atoms with Crippen LogP contribution in [0.5, 0.6) is 0 Å². The number of aliphatic hydroxyl groups excluding tert-OH is 1. The normalized spacial score (nSPS) is 27.3. The van der Waals surface area contributed by atoms with Crippen molar-refractivity contribution >= 4 is 33.0 Å². The molecule has 2 fully saturated rings. The summed E-state index contributed by atoms with van der Waals surface area (Å²) in [4.78, 5) is 12.6. The van der Waals surface area contributed by atoms with Gasteiger partial charge in [0.25, 0.3) is 5.91 Å². The highest BCUT2D eigenvalue weighted by Gasteiger charge is 2.53. The lowest BCUT2D eigenvalue weighted by Gasteiger charge is -2.40. The molecule has 2 aromatic carbocycles. The number of rotatable bonds is 5. The molecule has 0 aliphatic heterocycles. The first-order chi connectivity index (χ1) is 15.0. The molecule has 4 rings (SSSR count). The van der Waals surface area contributed by atoms with Crippen molar-refractivity contribution in [1.29, 1.82) is 0 Å². The summed E-state index contributed by atoms with van der Waals surface area (Å²) in [5.41, 5.74) is -0.454. The molecule has 1 amide bonds. The minimum Gasteiger partial charge on any atom is -0.392 e. The predicted octanol–water partition coefficient (Wildman–Crippen LogP) is 3.94. The molecule has 2 unspecified atom stereocenters. The van der Waals surface area contributed by atoms with Crippen LogP contribution >= 0.6 is 11.6 Å². The van der Waals surface area contributed by atoms with Crippen LogP contribution < -0.4 is 5.32 Å². The maximum Gasteiger partial charge on any atom is 0.255 e. The Balaban J connectivity index is 1.59. The highest BCUT2D eigenvalue weighted by atomic mass is 35.5. The van der Waals surface area contributed by atoms with Crippen LogP contribution in [0.4, 0.5) is 10.1 Å². The fraction of sp³-hybridized carbons (Fsp3) is 0.435. The molecule has 3 N–H and O–H groups in total. The number of hydrogen-bond donors (Lipinski definition) is 3. The van der Waals surface area contributed by atoms with E-state index in [1.165, 1.54) is 30.3 Å². The Bertz CT molecular complexity index is 1150. The summed E-state index contributed by atoms with van der Waals surface area (Å²) in [6.45, 7) is 1.27. The minimum atomic E-state index is -3.82. The van der Waals surface area contributed by atoms with E-state index in [9.17, 15) is 27.8 Å². The van der Waals surface area contributed by atoms with Gasteiger partial charge in [-0.2, -0.15) is 0 Å². The number of halogens is 2. The summed E-state index contributed by atoms with van der Waals surface area (Å²) in [5.74, 6) is -1.33. The molecule has 2 aliphatic rings. The maximum absolute atomic E-state index is 13.6. The fourth-order valence-corrected chi connectivity index (χ4v) is 7.44. The topological polar surface area (TPSA) is 104 Å². The minimum absolute atomic E-state index is 0.0324. The van der Waals surface area contributed by atoms with E-state index in [-0.39, 0.29) is 38.6 Å². The summed E-state index contributed by atoms with van der Waals surface area (Å²) >= 11 is 6.24. The summed E-state index contributed by atoms with van der Waals surface area (Å²) in [6, 6.07) is 7.85. The predicted molar refractivity (Wildman–Crippen MR) is 119 cm³/mol. The van der Waals surface area contributed by atoms with Crippen molar-refractivity contribution in [2.45, 2.75) is 55.0 Å². The van der Waals surface area contributed by atoms with Gasteiger partial charge in [0.1, 0.15) is 5.82 Å². The molecule has 2 aliphatic carbocycles. The van der Waals surface area contributed by atoms with Crippen LogP contribution in [0.1, 0.15) is 48.5 Å². The molecule has 0 spiro atoms. The van der Waals surface area contributed by atoms with Gasteiger partial charge >= 0.3 is 0 Å². The van der Waals surface area contributed by atoms with Crippen LogP contribution in [0, 0.1) is 17.7 Å². The Morgan fingerprint density at radius 2 is 1.84 bits per heavy atom. The van der Waals surface area contributed by atoms with Gasteiger partial charge in [0.05, 0.1) is 27.4 Å². The summed E-state index contributed by atoms with van der Waals surface area (Å²) < 4.78 is 40.4. The maximum atomic E-state index is 13.6. The Labute approximate surface area is 191 Å². The van der Waals surface area contributed by atoms with Crippen LogP contribution in [0.15, 0.2) is 41.3 Å². The fourth-order valence-electron chi connectivity index (χ4n) is 5.04. The first-order valence-electron chi connectivity index (χ1n) is 10.5. The Morgan fingerprint density at radius 1 is 1.19 bits per heavy atom. The second-order valence-electron chi connectivity index (χ2n) is 8.90. The van der Waals surface area contributed by atoms with Crippen LogP contribution in [0.3, 0.4) is 0 Å². The van der Waals surface area contributed by atoms with Crippen molar-refractivity contribution < 1.29 is 27.8 Å². The van der Waals surface area contributed by atoms with Gasteiger partial charge in [0.15, 0.2) is 9.84 Å². The SMILES string of the molecule is C[C@@]1(O)C2CC[C@H]1CC(S(=O)(=O)c1cc(C(=O)Nc3ccc(F)c(CO)c3)ccc1Cl)C2. The zero-order valence-electron chi connectivity index (χ0n) is 17.5. The van der Waals surface area contributed by atoms with Gasteiger partial charge in [-0.25, -0.2) is 12.8 Å². The number of hydrogen-bond acceptors (Lipinski definition) is 5. The Kier molecular flexibility index (Phi) is 6.09. The summed E-state index contributed by atoms with van der Waals surface area (Å²) in [6.07, 6.45) is 2.32. The third-order valence-electron chi connectivity index (χ3n) is 7.02. The van der Waals surface area contributed by atoms with E-state index >= 15 is 0 Å². The highest BCUT2D eigenvalue weighted by Crippen LogP contribution is 2.51. The van der Waals surface area contributed by atoms with Gasteiger partial charge in [-0.1, -0.05) is 11.6 Å². The molecule has 0 heterocycles. The van der Waals surface area contributed by atoms with Crippen molar-refractivity contribution in [1.82, 2.24) is 0 Å². The zero-order valence-corrected chi connectivity index (χ0v) is 19.1. The van der Waals surface area contributed by atoms with Gasteiger partial charge in [-0.05, 0) is 80.8 Å². The van der Waals surface area contributed by atoms with Gasteiger partial charge in [0, 0.05) is 16.8 Å². The highest BCUT2D eigenvalue weighted by molar-refractivity contribution is 7.92. The van der Waals surface area contributed by atoms with E-state index in [1.54, 1.807) is 6.92 Å². The van der Waals surface area contributed by atoms with Crippen molar-refractivity contribution in [2.75, 3.05) is 5.32 Å². The molecule has 2 saturated carbocycles. The van der Waals surface area contributed by atoms with E-state index in [1.807, 2.05) is 0 Å². The smallest absolute Gasteiger partial charge is 0.255 e. The molecular formula is C23H25ClFNO5S. The Hall–Kier alpha value is -2.00. The Morgan fingerprint density at radius 3 is 2.47 bits per heavy atom. The number of nitrogens with one attached hydrogen (secondary N) is 1. The summed E-state index contributed by atoms with van der Waals surface area (Å²) in [7, 11) is -3.82. The van der Waals surface area contributed by atoms with E-state index in [2.05, 4.69) is 5.32 Å². The van der Waals surface area contributed by atoms with E-state index in [0.717, 1.165) is 18.9 Å². The summed E-state index contributed by atoms with van der Waals surface area (Å²) in [5, 5.41) is 21.8. The zero-order chi connectivity index (χ0) is 23.3. The van der Waals surface area contributed by atoms with Crippen LogP contribution in [0.2, 0.25) is 5.02 Å². The van der Waals surface area contributed by atoms with Gasteiger partial charge < -0.3 is 15.5 Å². The van der Waals surface area contributed by atoms with E-state index in [4.69, 9.17) is 11.6 Å². The van der Waals surface area contributed by atoms with Gasteiger partial charge in [0.2, 0.25) is 0 Å². The second kappa shape index (κ2) is 8.41. The third-order valence-corrected chi connectivity index (χ3v) is 9.68. The van der Waals surface area contributed by atoms with Crippen molar-refractivity contribution in [3.63, 3.8) is 0 Å². The van der Waals surface area contributed by atoms with Crippen LogP contribution in [-0.2, 0) is 16.4 Å². The standard InChI is InChI=1S/C23H25ClFNO5S/c1-23(29)15-3-4-16(23)11-18(10-15)32(30,31)21-9-13(2-6-19(21)24)22(28)26-17-5-7-20(25)14(8-17)12-27/h2,5-9,15-16,18,27,29H,3-4,10-12H2,1H3,(H,26,28)/t15-,16?,18?,23-/m0/s1. The van der Waals surface area contributed by atoms with Gasteiger partial charge in [-0.15, -0.1) is 0 Å². The monoisotopic (exact) mass is 481 g/mol. The number of sulfone groups is 1. The molecule has 2 bridgehead atoms. The molecule has 0 saturated heterocycles. The number of benzene rings is 2. The second-order valence-corrected chi connectivity index (χ2v) is 11.5. The molecule has 9 heteroatoms. The largest absolute Gasteiger partial charge is 0.392 e. The molecule has 32 heavy (non-hydrogen) atoms. The molecule has 2 aromatic rings. The van der Waals surface area contributed by atoms with Crippen molar-refractivity contribution in [2.24, 2.45) is 11.8 Å². The van der Waals surface area contributed by atoms with E-state index in [0.29, 0.717) is 12.8 Å². The van der Waals surface area contributed by atoms with Crippen LogP contribution in [0.25, 0.3) is 0 Å². The van der Waals surface area contributed by atoms with Crippen molar-refractivity contribution in [3.05, 3.63) is 58.4 Å². The molecular weight excluding hydrogens is 457 g/mol. The lowest BCUT2D eigenvalue weighted by atomic mass is 9.76. The average Bonchev–Trinajstić information content (AvgIpc) is 2.92. The number of carbonyl (C=O) groups is 1. The number of aliphatic hydroxyl groups is 2. The lowest BCUT2D eigenvalue weighted by molar-refractivity contribution is -0.0413. The van der Waals surface area contributed by atoms with Crippen LogP contribution in [-0.4, -0.2) is 35.4 Å². The first-order valence-corrected chi connectivity index (χ1v) is 12.4. The molecule has 6 nitrogen and oxygen atoms in total. The quantitative estimate of drug-likeness (QED) is 0.600. The van der Waals surface area contributed by atoms with Gasteiger partial charge in [-0.3, -0.25) is 4.79 Å².